The van der Waals surface area contributed by atoms with E-state index in [1.807, 2.05) is 23.6 Å². The average Bonchev–Trinajstić information content (AvgIpc) is 3.29. The number of hydrogen-bond acceptors (Lipinski definition) is 7. The normalized spacial score (nSPS) is 15.1. The SMILES string of the molecule is COc1cc(OC)cc(-c2csc(N3CCN(S(=O)(=O)c4ccc(Br)cc4Cl)CC3)n2)c1. The molecule has 4 rings (SSSR count). The molecular formula is C21H21BrClN3O4S2. The molecule has 0 spiro atoms. The van der Waals surface area contributed by atoms with Crippen LogP contribution in [-0.4, -0.2) is 58.1 Å². The quantitative estimate of drug-likeness (QED) is 0.435. The number of aromatic nitrogens is 1. The number of methoxy groups -OCH3 is 2. The predicted molar refractivity (Wildman–Crippen MR) is 131 cm³/mol. The molecule has 2 heterocycles. The standard InChI is InChI=1S/C21H21BrClN3O4S2/c1-29-16-9-14(10-17(12-16)30-2)19-13-31-21(24-19)25-5-7-26(8-6-25)32(27,28)20-4-3-15(22)11-18(20)23/h3-4,9-13H,5-8H2,1-2H3. The second-order valence-corrected chi connectivity index (χ2v) is 11.1. The first-order valence-electron chi connectivity index (χ1n) is 9.71. The summed E-state index contributed by atoms with van der Waals surface area (Å²) in [7, 11) is -0.437. The van der Waals surface area contributed by atoms with Crippen molar-refractivity contribution >= 4 is 54.0 Å². The van der Waals surface area contributed by atoms with Crippen LogP contribution >= 0.6 is 38.9 Å². The van der Waals surface area contributed by atoms with Gasteiger partial charge in [0.2, 0.25) is 10.0 Å². The molecule has 1 aliphatic heterocycles. The third kappa shape index (κ3) is 4.74. The molecule has 2 aromatic carbocycles. The average molecular weight is 559 g/mol. The smallest absolute Gasteiger partial charge is 0.244 e. The fraction of sp³-hybridized carbons (Fsp3) is 0.286. The summed E-state index contributed by atoms with van der Waals surface area (Å²) in [5.74, 6) is 1.39. The number of thiazole rings is 1. The lowest BCUT2D eigenvalue weighted by Crippen LogP contribution is -2.48. The minimum atomic E-state index is -3.66. The molecule has 0 N–H and O–H groups in total. The summed E-state index contributed by atoms with van der Waals surface area (Å²) < 4.78 is 39.0. The van der Waals surface area contributed by atoms with E-state index >= 15 is 0 Å². The molecule has 1 aromatic heterocycles. The van der Waals surface area contributed by atoms with Crippen LogP contribution in [0.4, 0.5) is 5.13 Å². The van der Waals surface area contributed by atoms with Crippen molar-refractivity contribution in [2.24, 2.45) is 0 Å². The number of rotatable bonds is 6. The lowest BCUT2D eigenvalue weighted by Gasteiger charge is -2.33. The summed E-state index contributed by atoms with van der Waals surface area (Å²) in [6, 6.07) is 10.4. The van der Waals surface area contributed by atoms with Gasteiger partial charge in [0.1, 0.15) is 16.4 Å². The van der Waals surface area contributed by atoms with Gasteiger partial charge in [-0.3, -0.25) is 0 Å². The third-order valence-corrected chi connectivity index (χ3v) is 8.94. The molecule has 1 saturated heterocycles. The monoisotopic (exact) mass is 557 g/mol. The van der Waals surface area contributed by atoms with E-state index in [0.29, 0.717) is 37.7 Å². The molecule has 0 bridgehead atoms. The van der Waals surface area contributed by atoms with Crippen LogP contribution in [0.3, 0.4) is 0 Å². The van der Waals surface area contributed by atoms with Crippen LogP contribution in [0.25, 0.3) is 11.3 Å². The first kappa shape index (κ1) is 23.3. The highest BCUT2D eigenvalue weighted by Crippen LogP contribution is 2.34. The van der Waals surface area contributed by atoms with Gasteiger partial charge in [-0.2, -0.15) is 4.31 Å². The van der Waals surface area contributed by atoms with Crippen LogP contribution in [0.2, 0.25) is 5.02 Å². The Balaban J connectivity index is 1.48. The number of piperazine rings is 1. The number of benzene rings is 2. The zero-order valence-corrected chi connectivity index (χ0v) is 21.4. The van der Waals surface area contributed by atoms with Crippen molar-refractivity contribution in [2.75, 3.05) is 45.3 Å². The van der Waals surface area contributed by atoms with Gasteiger partial charge in [0.25, 0.3) is 0 Å². The molecule has 3 aromatic rings. The summed E-state index contributed by atoms with van der Waals surface area (Å²) in [5.41, 5.74) is 1.72. The Bertz CT molecular complexity index is 1210. The highest BCUT2D eigenvalue weighted by molar-refractivity contribution is 9.10. The van der Waals surface area contributed by atoms with E-state index in [-0.39, 0.29) is 9.92 Å². The number of sulfonamides is 1. The zero-order chi connectivity index (χ0) is 22.9. The first-order valence-corrected chi connectivity index (χ1v) is 13.2. The molecule has 11 heteroatoms. The Labute approximate surface area is 204 Å². The van der Waals surface area contributed by atoms with E-state index in [0.717, 1.165) is 20.9 Å². The molecule has 1 fully saturated rings. The minimum absolute atomic E-state index is 0.124. The molecule has 170 valence electrons. The van der Waals surface area contributed by atoms with E-state index < -0.39 is 10.0 Å². The second-order valence-electron chi connectivity index (χ2n) is 7.08. The van der Waals surface area contributed by atoms with Crippen molar-refractivity contribution in [3.63, 3.8) is 0 Å². The number of halogens is 2. The predicted octanol–water partition coefficient (Wildman–Crippen LogP) is 4.75. The fourth-order valence-electron chi connectivity index (χ4n) is 3.44. The zero-order valence-electron chi connectivity index (χ0n) is 17.4. The molecule has 0 radical (unpaired) electrons. The van der Waals surface area contributed by atoms with Gasteiger partial charge in [-0.25, -0.2) is 13.4 Å². The van der Waals surface area contributed by atoms with E-state index in [2.05, 4.69) is 20.8 Å². The molecule has 0 unspecified atom stereocenters. The van der Waals surface area contributed by atoms with Crippen LogP contribution in [0.15, 0.2) is 51.1 Å². The number of anilines is 1. The van der Waals surface area contributed by atoms with Gasteiger partial charge in [0.05, 0.1) is 24.9 Å². The topological polar surface area (TPSA) is 72.0 Å². The van der Waals surface area contributed by atoms with Crippen molar-refractivity contribution in [2.45, 2.75) is 4.90 Å². The van der Waals surface area contributed by atoms with Crippen molar-refractivity contribution < 1.29 is 17.9 Å². The summed E-state index contributed by atoms with van der Waals surface area (Å²) in [6.45, 7) is 1.80. The molecule has 32 heavy (non-hydrogen) atoms. The molecule has 1 aliphatic rings. The maximum absolute atomic E-state index is 13.0. The van der Waals surface area contributed by atoms with Crippen LogP contribution in [0.5, 0.6) is 11.5 Å². The Morgan fingerprint density at radius 3 is 2.28 bits per heavy atom. The number of hydrogen-bond donors (Lipinski definition) is 0. The van der Waals surface area contributed by atoms with Gasteiger partial charge in [-0.1, -0.05) is 27.5 Å². The third-order valence-electron chi connectivity index (χ3n) is 5.16. The number of ether oxygens (including phenoxy) is 2. The van der Waals surface area contributed by atoms with Crippen LogP contribution in [0.1, 0.15) is 0 Å². The van der Waals surface area contributed by atoms with E-state index in [1.54, 1.807) is 26.4 Å². The van der Waals surface area contributed by atoms with E-state index in [9.17, 15) is 8.42 Å². The molecule has 0 saturated carbocycles. The van der Waals surface area contributed by atoms with Crippen molar-refractivity contribution in [1.29, 1.82) is 0 Å². The molecule has 0 amide bonds. The molecule has 7 nitrogen and oxygen atoms in total. The highest BCUT2D eigenvalue weighted by Gasteiger charge is 2.31. The summed E-state index contributed by atoms with van der Waals surface area (Å²) >= 11 is 11.0. The fourth-order valence-corrected chi connectivity index (χ4v) is 6.76. The molecular weight excluding hydrogens is 538 g/mol. The Kier molecular flexibility index (Phi) is 6.97. The summed E-state index contributed by atoms with van der Waals surface area (Å²) in [4.78, 5) is 6.99. The van der Waals surface area contributed by atoms with E-state index in [1.165, 1.54) is 21.7 Å². The summed E-state index contributed by atoms with van der Waals surface area (Å²) in [6.07, 6.45) is 0. The number of nitrogens with zero attached hydrogens (tertiary/aromatic N) is 3. The van der Waals surface area contributed by atoms with Gasteiger partial charge in [-0.15, -0.1) is 11.3 Å². The van der Waals surface area contributed by atoms with Gasteiger partial charge in [0, 0.05) is 47.7 Å². The van der Waals surface area contributed by atoms with E-state index in [4.69, 9.17) is 26.1 Å². The van der Waals surface area contributed by atoms with Crippen molar-refractivity contribution in [1.82, 2.24) is 9.29 Å². The Morgan fingerprint density at radius 1 is 1.03 bits per heavy atom. The van der Waals surface area contributed by atoms with Gasteiger partial charge in [-0.05, 0) is 30.3 Å². The lowest BCUT2D eigenvalue weighted by atomic mass is 10.1. The maximum Gasteiger partial charge on any atom is 0.244 e. The maximum atomic E-state index is 13.0. The Hall–Kier alpha value is -1.85. The second kappa shape index (κ2) is 9.56. The highest BCUT2D eigenvalue weighted by atomic mass is 79.9. The molecule has 0 atom stereocenters. The van der Waals surface area contributed by atoms with Crippen LogP contribution in [0, 0.1) is 0 Å². The molecule has 0 aliphatic carbocycles. The first-order chi connectivity index (χ1) is 15.3. The minimum Gasteiger partial charge on any atom is -0.497 e. The summed E-state index contributed by atoms with van der Waals surface area (Å²) in [5, 5.41) is 3.04. The van der Waals surface area contributed by atoms with Gasteiger partial charge >= 0.3 is 0 Å². The van der Waals surface area contributed by atoms with Crippen molar-refractivity contribution in [3.05, 3.63) is 51.3 Å². The van der Waals surface area contributed by atoms with Crippen molar-refractivity contribution in [3.8, 4) is 22.8 Å². The van der Waals surface area contributed by atoms with Crippen LogP contribution in [-0.2, 0) is 10.0 Å². The Morgan fingerprint density at radius 2 is 1.69 bits per heavy atom. The largest absolute Gasteiger partial charge is 0.497 e. The van der Waals surface area contributed by atoms with Gasteiger partial charge in [0.15, 0.2) is 5.13 Å². The van der Waals surface area contributed by atoms with Gasteiger partial charge < -0.3 is 14.4 Å². The van der Waals surface area contributed by atoms with Crippen LogP contribution < -0.4 is 14.4 Å². The lowest BCUT2D eigenvalue weighted by molar-refractivity contribution is 0.385.